The molecule has 1 aliphatic heterocycles. The zero-order valence-electron chi connectivity index (χ0n) is 17.8. The minimum absolute atomic E-state index is 0.0253. The fraction of sp³-hybridized carbons (Fsp3) is 0.417. The maximum absolute atomic E-state index is 12.3. The lowest BCUT2D eigenvalue weighted by molar-refractivity contribution is -0.139. The molecule has 0 bridgehead atoms. The van der Waals surface area contributed by atoms with E-state index in [0.29, 0.717) is 5.75 Å². The van der Waals surface area contributed by atoms with Crippen LogP contribution in [0.1, 0.15) is 35.4 Å². The maximum Gasteiger partial charge on any atom is 0.349 e. The van der Waals surface area contributed by atoms with Gasteiger partial charge in [0.05, 0.1) is 6.10 Å². The summed E-state index contributed by atoms with van der Waals surface area (Å²) < 4.78 is 18.7. The van der Waals surface area contributed by atoms with Crippen LogP contribution in [0.2, 0.25) is 0 Å². The smallest absolute Gasteiger partial charge is 0.349 e. The molecular weight excluding hydrogens is 380 g/mol. The first-order chi connectivity index (χ1) is 14.5. The summed E-state index contributed by atoms with van der Waals surface area (Å²) in [4.78, 5) is 12.3. The summed E-state index contributed by atoms with van der Waals surface area (Å²) in [5.74, 6) is 0.0697. The van der Waals surface area contributed by atoms with Crippen molar-refractivity contribution in [1.82, 2.24) is 4.57 Å². The summed E-state index contributed by atoms with van der Waals surface area (Å²) in [7, 11) is 0. The number of nitriles is 1. The number of ether oxygens (including phenoxy) is 3. The van der Waals surface area contributed by atoms with Gasteiger partial charge in [0.15, 0.2) is 0 Å². The molecule has 1 aromatic carbocycles. The highest BCUT2D eigenvalue weighted by Crippen LogP contribution is 2.22. The van der Waals surface area contributed by atoms with E-state index in [4.69, 9.17) is 14.2 Å². The number of rotatable bonds is 8. The van der Waals surface area contributed by atoms with Crippen LogP contribution in [-0.2, 0) is 20.8 Å². The van der Waals surface area contributed by atoms with Gasteiger partial charge in [0.1, 0.15) is 30.6 Å². The van der Waals surface area contributed by atoms with Crippen molar-refractivity contribution in [2.75, 3.05) is 19.8 Å². The number of aryl methyl sites for hydroxylation is 2. The number of hydrogen-bond acceptors (Lipinski definition) is 5. The van der Waals surface area contributed by atoms with Crippen molar-refractivity contribution < 1.29 is 19.0 Å². The molecule has 2 aromatic rings. The van der Waals surface area contributed by atoms with Gasteiger partial charge in [-0.1, -0.05) is 17.7 Å². The minimum atomic E-state index is -0.645. The van der Waals surface area contributed by atoms with Gasteiger partial charge in [-0.3, -0.25) is 0 Å². The molecular formula is C24H28N2O4. The SMILES string of the molecule is Cc1ccc(OCCOC(=O)/C(C#N)=C/c2cc(C)n(C[C@@H]3CCCO3)c2C)cc1. The lowest BCUT2D eigenvalue weighted by atomic mass is 10.1. The van der Waals surface area contributed by atoms with Crippen LogP contribution in [0.15, 0.2) is 35.9 Å². The van der Waals surface area contributed by atoms with Crippen molar-refractivity contribution in [1.29, 1.82) is 5.26 Å². The van der Waals surface area contributed by atoms with E-state index >= 15 is 0 Å². The molecule has 1 saturated heterocycles. The third-order valence-corrected chi connectivity index (χ3v) is 5.27. The predicted molar refractivity (Wildman–Crippen MR) is 114 cm³/mol. The number of carbonyl (C=O) groups is 1. The van der Waals surface area contributed by atoms with Gasteiger partial charge in [-0.15, -0.1) is 0 Å². The predicted octanol–water partition coefficient (Wildman–Crippen LogP) is 4.12. The molecule has 1 aromatic heterocycles. The molecule has 30 heavy (non-hydrogen) atoms. The first-order valence-corrected chi connectivity index (χ1v) is 10.2. The Balaban J connectivity index is 1.58. The summed E-state index contributed by atoms with van der Waals surface area (Å²) in [6.07, 6.45) is 3.97. The topological polar surface area (TPSA) is 73.5 Å². The van der Waals surface area contributed by atoms with E-state index in [1.54, 1.807) is 6.08 Å². The Bertz CT molecular complexity index is 945. The number of carbonyl (C=O) groups excluding carboxylic acids is 1. The summed E-state index contributed by atoms with van der Waals surface area (Å²) in [6, 6.07) is 11.6. The highest BCUT2D eigenvalue weighted by Gasteiger charge is 2.19. The average Bonchev–Trinajstić information content (AvgIpc) is 3.34. The molecule has 0 aliphatic carbocycles. The van der Waals surface area contributed by atoms with Gasteiger partial charge in [-0.05, 0) is 63.5 Å². The number of hydrogen-bond donors (Lipinski definition) is 0. The normalized spacial score (nSPS) is 16.3. The van der Waals surface area contributed by atoms with Crippen LogP contribution in [0, 0.1) is 32.1 Å². The lowest BCUT2D eigenvalue weighted by Crippen LogP contribution is -2.16. The molecule has 0 spiro atoms. The van der Waals surface area contributed by atoms with Gasteiger partial charge in [0.2, 0.25) is 0 Å². The van der Waals surface area contributed by atoms with Crippen molar-refractivity contribution in [2.24, 2.45) is 0 Å². The molecule has 3 rings (SSSR count). The van der Waals surface area contributed by atoms with E-state index in [-0.39, 0.29) is 24.9 Å². The van der Waals surface area contributed by atoms with Gasteiger partial charge in [-0.25, -0.2) is 4.79 Å². The Morgan fingerprint density at radius 1 is 1.27 bits per heavy atom. The van der Waals surface area contributed by atoms with E-state index in [9.17, 15) is 10.1 Å². The van der Waals surface area contributed by atoms with E-state index in [0.717, 1.165) is 48.5 Å². The van der Waals surface area contributed by atoms with Gasteiger partial charge >= 0.3 is 5.97 Å². The molecule has 158 valence electrons. The Morgan fingerprint density at radius 3 is 2.70 bits per heavy atom. The minimum Gasteiger partial charge on any atom is -0.490 e. The molecule has 1 atom stereocenters. The summed E-state index contributed by atoms with van der Waals surface area (Å²) >= 11 is 0. The first kappa shape index (κ1) is 21.7. The molecule has 6 nitrogen and oxygen atoms in total. The van der Waals surface area contributed by atoms with E-state index in [2.05, 4.69) is 4.57 Å². The molecule has 1 fully saturated rings. The number of benzene rings is 1. The van der Waals surface area contributed by atoms with Gasteiger partial charge in [0.25, 0.3) is 0 Å². The van der Waals surface area contributed by atoms with Crippen molar-refractivity contribution in [3.05, 3.63) is 58.4 Å². The zero-order valence-corrected chi connectivity index (χ0v) is 17.8. The number of esters is 1. The van der Waals surface area contributed by atoms with Crippen molar-refractivity contribution >= 4 is 12.0 Å². The Labute approximate surface area is 177 Å². The largest absolute Gasteiger partial charge is 0.490 e. The third kappa shape index (κ3) is 5.52. The fourth-order valence-corrected chi connectivity index (χ4v) is 3.55. The molecule has 1 aliphatic rings. The van der Waals surface area contributed by atoms with Crippen LogP contribution in [0.25, 0.3) is 6.08 Å². The second-order valence-corrected chi connectivity index (χ2v) is 7.54. The molecule has 0 N–H and O–H groups in total. The van der Waals surface area contributed by atoms with Crippen molar-refractivity contribution in [3.63, 3.8) is 0 Å². The molecule has 0 saturated carbocycles. The summed E-state index contributed by atoms with van der Waals surface area (Å²) in [6.45, 7) is 7.91. The second kappa shape index (κ2) is 10.1. The molecule has 2 heterocycles. The quantitative estimate of drug-likeness (QED) is 0.284. The summed E-state index contributed by atoms with van der Waals surface area (Å²) in [5.41, 5.74) is 4.04. The van der Waals surface area contributed by atoms with Gasteiger partial charge in [0, 0.05) is 24.5 Å². The highest BCUT2D eigenvalue weighted by molar-refractivity contribution is 5.98. The lowest BCUT2D eigenvalue weighted by Gasteiger charge is -2.14. The van der Waals surface area contributed by atoms with Crippen molar-refractivity contribution in [3.8, 4) is 11.8 Å². The Morgan fingerprint density at radius 2 is 2.03 bits per heavy atom. The van der Waals surface area contributed by atoms with E-state index < -0.39 is 5.97 Å². The molecule has 0 radical (unpaired) electrons. The van der Waals surface area contributed by atoms with Crippen LogP contribution >= 0.6 is 0 Å². The fourth-order valence-electron chi connectivity index (χ4n) is 3.55. The van der Waals surface area contributed by atoms with Crippen LogP contribution in [-0.4, -0.2) is 36.5 Å². The number of nitrogens with zero attached hydrogens (tertiary/aromatic N) is 2. The summed E-state index contributed by atoms with van der Waals surface area (Å²) in [5, 5.41) is 9.44. The maximum atomic E-state index is 12.3. The monoisotopic (exact) mass is 408 g/mol. The molecule has 0 unspecified atom stereocenters. The van der Waals surface area contributed by atoms with Crippen LogP contribution in [0.3, 0.4) is 0 Å². The Kier molecular flexibility index (Phi) is 7.31. The molecule has 0 amide bonds. The highest BCUT2D eigenvalue weighted by atomic mass is 16.6. The van der Waals surface area contributed by atoms with Gasteiger partial charge in [-0.2, -0.15) is 5.26 Å². The van der Waals surface area contributed by atoms with Crippen LogP contribution in [0.4, 0.5) is 0 Å². The Hall–Kier alpha value is -3.04. The average molecular weight is 408 g/mol. The second-order valence-electron chi connectivity index (χ2n) is 7.54. The standard InChI is InChI=1S/C24H28N2O4/c1-17-6-8-22(9-7-17)29-11-12-30-24(27)21(15-25)14-20-13-18(2)26(19(20)3)16-23-5-4-10-28-23/h6-9,13-14,23H,4-5,10-12,16H2,1-3H3/b21-14+/t23-/m0/s1. The van der Waals surface area contributed by atoms with Crippen LogP contribution in [0.5, 0.6) is 5.75 Å². The zero-order chi connectivity index (χ0) is 21.5. The third-order valence-electron chi connectivity index (χ3n) is 5.27. The van der Waals surface area contributed by atoms with Crippen molar-refractivity contribution in [2.45, 2.75) is 46.3 Å². The van der Waals surface area contributed by atoms with E-state index in [1.807, 2.05) is 57.2 Å². The number of aromatic nitrogens is 1. The van der Waals surface area contributed by atoms with E-state index in [1.165, 1.54) is 0 Å². The van der Waals surface area contributed by atoms with Gasteiger partial charge < -0.3 is 18.8 Å². The first-order valence-electron chi connectivity index (χ1n) is 10.2. The molecule has 6 heteroatoms. The van der Waals surface area contributed by atoms with Crippen LogP contribution < -0.4 is 4.74 Å².